The maximum atomic E-state index is 13.3. The number of carbonyl (C=O) groups is 2. The number of H-pyrrole nitrogens is 1. The zero-order chi connectivity index (χ0) is 16.9. The summed E-state index contributed by atoms with van der Waals surface area (Å²) in [7, 11) is 0. The number of nitrogens with zero attached hydrogens (tertiary/aromatic N) is 2. The highest BCUT2D eigenvalue weighted by molar-refractivity contribution is 5.94. The van der Waals surface area contributed by atoms with E-state index in [0.717, 1.165) is 12.1 Å². The molecular weight excluding hydrogens is 309 g/mol. The molecule has 6 heteroatoms. The first kappa shape index (κ1) is 16.2. The molecule has 1 aliphatic rings. The number of carbonyl (C=O) groups excluding carboxylic acids is 2. The second-order valence-corrected chi connectivity index (χ2v) is 5.91. The van der Waals surface area contributed by atoms with Crippen molar-refractivity contribution in [1.29, 1.82) is 0 Å². The summed E-state index contributed by atoms with van der Waals surface area (Å²) in [5.74, 6) is -0.552. The quantitative estimate of drug-likeness (QED) is 0.937. The fourth-order valence-electron chi connectivity index (χ4n) is 2.93. The van der Waals surface area contributed by atoms with Crippen molar-refractivity contribution < 1.29 is 14.0 Å². The second kappa shape index (κ2) is 7.29. The van der Waals surface area contributed by atoms with Gasteiger partial charge in [0.15, 0.2) is 0 Å². The Morgan fingerprint density at radius 1 is 1.04 bits per heavy atom. The predicted molar refractivity (Wildman–Crippen MR) is 88.0 cm³/mol. The summed E-state index contributed by atoms with van der Waals surface area (Å²) in [6, 6.07) is 9.47. The van der Waals surface area contributed by atoms with Crippen LogP contribution in [-0.2, 0) is 11.2 Å². The molecule has 0 unspecified atom stereocenters. The van der Waals surface area contributed by atoms with Gasteiger partial charge in [0.2, 0.25) is 5.91 Å². The summed E-state index contributed by atoms with van der Waals surface area (Å²) < 4.78 is 13.3. The topological polar surface area (TPSA) is 56.4 Å². The fraction of sp³-hybridized carbons (Fsp3) is 0.333. The van der Waals surface area contributed by atoms with Crippen LogP contribution in [0.5, 0.6) is 0 Å². The van der Waals surface area contributed by atoms with Crippen LogP contribution < -0.4 is 0 Å². The Bertz CT molecular complexity index is 715. The summed E-state index contributed by atoms with van der Waals surface area (Å²) in [4.78, 5) is 31.4. The molecule has 1 fully saturated rings. The van der Waals surface area contributed by atoms with Gasteiger partial charge >= 0.3 is 0 Å². The number of halogens is 1. The molecule has 126 valence electrons. The van der Waals surface area contributed by atoms with Gasteiger partial charge in [-0.15, -0.1) is 0 Å². The van der Waals surface area contributed by atoms with E-state index in [0.29, 0.717) is 38.2 Å². The van der Waals surface area contributed by atoms with Crippen LogP contribution in [0.1, 0.15) is 22.5 Å². The molecule has 1 aromatic heterocycles. The minimum atomic E-state index is -0.418. The summed E-state index contributed by atoms with van der Waals surface area (Å²) >= 11 is 0. The highest BCUT2D eigenvalue weighted by Crippen LogP contribution is 2.12. The van der Waals surface area contributed by atoms with E-state index in [9.17, 15) is 14.0 Å². The van der Waals surface area contributed by atoms with E-state index >= 15 is 0 Å². The smallest absolute Gasteiger partial charge is 0.254 e. The Balaban J connectivity index is 1.60. The summed E-state index contributed by atoms with van der Waals surface area (Å²) in [6.45, 7) is 2.17. The van der Waals surface area contributed by atoms with Gasteiger partial charge in [0.05, 0.1) is 6.42 Å². The molecule has 0 aliphatic carbocycles. The highest BCUT2D eigenvalue weighted by atomic mass is 19.1. The van der Waals surface area contributed by atoms with Crippen molar-refractivity contribution in [2.45, 2.75) is 12.8 Å². The molecule has 0 bridgehead atoms. The van der Waals surface area contributed by atoms with Crippen LogP contribution in [0.2, 0.25) is 0 Å². The first-order chi connectivity index (χ1) is 11.6. The first-order valence-corrected chi connectivity index (χ1v) is 8.08. The molecule has 2 amide bonds. The number of hydrogen-bond donors (Lipinski definition) is 1. The van der Waals surface area contributed by atoms with E-state index < -0.39 is 5.82 Å². The van der Waals surface area contributed by atoms with Gasteiger partial charge in [-0.05, 0) is 36.8 Å². The van der Waals surface area contributed by atoms with Crippen LogP contribution in [0.3, 0.4) is 0 Å². The monoisotopic (exact) mass is 329 g/mol. The molecular formula is C18H20FN3O2. The van der Waals surface area contributed by atoms with Gasteiger partial charge < -0.3 is 14.8 Å². The van der Waals surface area contributed by atoms with E-state index in [1.807, 2.05) is 12.1 Å². The molecule has 2 aromatic rings. The summed E-state index contributed by atoms with van der Waals surface area (Å²) in [5.41, 5.74) is 1.23. The average Bonchev–Trinajstić information content (AvgIpc) is 2.95. The lowest BCUT2D eigenvalue weighted by Gasteiger charge is -2.22. The number of nitrogens with one attached hydrogen (secondary N) is 1. The molecule has 0 spiro atoms. The zero-order valence-corrected chi connectivity index (χ0v) is 13.4. The molecule has 1 aromatic carbocycles. The van der Waals surface area contributed by atoms with Crippen molar-refractivity contribution in [3.8, 4) is 0 Å². The lowest BCUT2D eigenvalue weighted by Crippen LogP contribution is -2.38. The fourth-order valence-corrected chi connectivity index (χ4v) is 2.93. The van der Waals surface area contributed by atoms with Gasteiger partial charge in [-0.3, -0.25) is 9.59 Å². The standard InChI is InChI=1S/C18H20FN3O2/c19-15-5-1-4-14(12-15)18(24)22-9-3-8-21(10-11-22)17(23)13-16-6-2-7-20-16/h1-2,4-7,12,20H,3,8-11,13H2. The number of rotatable bonds is 3. The van der Waals surface area contributed by atoms with Crippen molar-refractivity contribution in [2.24, 2.45) is 0 Å². The van der Waals surface area contributed by atoms with Crippen molar-refractivity contribution in [2.75, 3.05) is 26.2 Å². The molecule has 0 radical (unpaired) electrons. The Kier molecular flexibility index (Phi) is 4.93. The first-order valence-electron chi connectivity index (χ1n) is 8.08. The second-order valence-electron chi connectivity index (χ2n) is 5.91. The normalized spacial score (nSPS) is 15.2. The minimum absolute atomic E-state index is 0.0532. The third-order valence-corrected chi connectivity index (χ3v) is 4.21. The SMILES string of the molecule is O=C(Cc1ccc[nH]1)N1CCCN(C(=O)c2cccc(F)c2)CC1. The Labute approximate surface area is 140 Å². The third kappa shape index (κ3) is 3.82. The Morgan fingerprint density at radius 3 is 2.58 bits per heavy atom. The Hall–Kier alpha value is -2.63. The molecule has 5 nitrogen and oxygen atoms in total. The Morgan fingerprint density at radius 2 is 1.83 bits per heavy atom. The van der Waals surface area contributed by atoms with Crippen molar-refractivity contribution in [3.63, 3.8) is 0 Å². The van der Waals surface area contributed by atoms with Crippen LogP contribution in [-0.4, -0.2) is 52.8 Å². The van der Waals surface area contributed by atoms with E-state index in [1.165, 1.54) is 18.2 Å². The molecule has 2 heterocycles. The predicted octanol–water partition coefficient (Wildman–Crippen LogP) is 2.07. The zero-order valence-electron chi connectivity index (χ0n) is 13.4. The number of benzene rings is 1. The van der Waals surface area contributed by atoms with Gasteiger partial charge in [-0.1, -0.05) is 6.07 Å². The number of aromatic nitrogens is 1. The average molecular weight is 329 g/mol. The maximum absolute atomic E-state index is 13.3. The summed E-state index contributed by atoms with van der Waals surface area (Å²) in [5, 5.41) is 0. The summed E-state index contributed by atoms with van der Waals surface area (Å²) in [6.07, 6.45) is 2.85. The molecule has 0 saturated carbocycles. The van der Waals surface area contributed by atoms with Crippen LogP contribution in [0.4, 0.5) is 4.39 Å². The molecule has 24 heavy (non-hydrogen) atoms. The van der Waals surface area contributed by atoms with E-state index in [-0.39, 0.29) is 11.8 Å². The number of amides is 2. The van der Waals surface area contributed by atoms with Crippen LogP contribution in [0.25, 0.3) is 0 Å². The van der Waals surface area contributed by atoms with Crippen LogP contribution >= 0.6 is 0 Å². The van der Waals surface area contributed by atoms with Crippen molar-refractivity contribution in [1.82, 2.24) is 14.8 Å². The minimum Gasteiger partial charge on any atom is -0.365 e. The van der Waals surface area contributed by atoms with E-state index in [2.05, 4.69) is 4.98 Å². The van der Waals surface area contributed by atoms with Crippen molar-refractivity contribution >= 4 is 11.8 Å². The third-order valence-electron chi connectivity index (χ3n) is 4.21. The van der Waals surface area contributed by atoms with E-state index in [1.54, 1.807) is 22.1 Å². The maximum Gasteiger partial charge on any atom is 0.254 e. The van der Waals surface area contributed by atoms with Gasteiger partial charge in [0, 0.05) is 43.6 Å². The number of hydrogen-bond acceptors (Lipinski definition) is 2. The largest absolute Gasteiger partial charge is 0.365 e. The lowest BCUT2D eigenvalue weighted by atomic mass is 10.2. The van der Waals surface area contributed by atoms with Gasteiger partial charge in [-0.2, -0.15) is 0 Å². The van der Waals surface area contributed by atoms with Crippen LogP contribution in [0, 0.1) is 5.82 Å². The molecule has 1 aliphatic heterocycles. The molecule has 1 saturated heterocycles. The number of aromatic amines is 1. The van der Waals surface area contributed by atoms with Gasteiger partial charge in [0.1, 0.15) is 5.82 Å². The van der Waals surface area contributed by atoms with E-state index in [4.69, 9.17) is 0 Å². The molecule has 0 atom stereocenters. The highest BCUT2D eigenvalue weighted by Gasteiger charge is 2.23. The van der Waals surface area contributed by atoms with Crippen molar-refractivity contribution in [3.05, 3.63) is 59.7 Å². The molecule has 3 rings (SSSR count). The molecule has 1 N–H and O–H groups in total. The van der Waals surface area contributed by atoms with Gasteiger partial charge in [0.25, 0.3) is 5.91 Å². The lowest BCUT2D eigenvalue weighted by molar-refractivity contribution is -0.130. The van der Waals surface area contributed by atoms with Gasteiger partial charge in [-0.25, -0.2) is 4.39 Å². The van der Waals surface area contributed by atoms with Crippen LogP contribution in [0.15, 0.2) is 42.6 Å².